The highest BCUT2D eigenvalue weighted by Crippen LogP contribution is 2.27. The predicted molar refractivity (Wildman–Crippen MR) is 83.7 cm³/mol. The molecule has 1 aromatic heterocycles. The van der Waals surface area contributed by atoms with Gasteiger partial charge < -0.3 is 9.64 Å². The van der Waals surface area contributed by atoms with Gasteiger partial charge in [-0.1, -0.05) is 26.8 Å². The first-order valence-electron chi connectivity index (χ1n) is 7.96. The summed E-state index contributed by atoms with van der Waals surface area (Å²) >= 11 is 0. The number of aromatic nitrogens is 1. The second-order valence-corrected chi connectivity index (χ2v) is 7.03. The van der Waals surface area contributed by atoms with Gasteiger partial charge in [0.2, 0.25) is 5.88 Å². The molecule has 5 heteroatoms. The van der Waals surface area contributed by atoms with Crippen molar-refractivity contribution in [2.75, 3.05) is 26.2 Å². The van der Waals surface area contributed by atoms with E-state index in [2.05, 4.69) is 30.7 Å². The van der Waals surface area contributed by atoms with E-state index >= 15 is 0 Å². The number of hydrogen-bond acceptors (Lipinski definition) is 3. The molecule has 22 heavy (non-hydrogen) atoms. The molecule has 1 fully saturated rings. The highest BCUT2D eigenvalue weighted by molar-refractivity contribution is 5.23. The van der Waals surface area contributed by atoms with Gasteiger partial charge in [0.05, 0.1) is 6.61 Å². The lowest BCUT2D eigenvalue weighted by Gasteiger charge is -2.31. The number of piperidine rings is 1. The van der Waals surface area contributed by atoms with Gasteiger partial charge in [-0.3, -0.25) is 0 Å². The Hall–Kier alpha value is -1.23. The molecular weight excluding hydrogens is 286 g/mol. The zero-order valence-corrected chi connectivity index (χ0v) is 13.7. The first kappa shape index (κ1) is 17.1. The van der Waals surface area contributed by atoms with Gasteiger partial charge in [0, 0.05) is 44.7 Å². The zero-order chi connectivity index (χ0) is 16.2. The summed E-state index contributed by atoms with van der Waals surface area (Å²) in [7, 11) is 0. The molecule has 1 aliphatic heterocycles. The lowest BCUT2D eigenvalue weighted by Crippen LogP contribution is -2.40. The molecule has 124 valence electrons. The van der Waals surface area contributed by atoms with Gasteiger partial charge in [-0.05, 0) is 17.4 Å². The SMILES string of the molecule is CC(C)(C)c1ccc(OCCCN2CCC(F)(F)CC2)nc1. The van der Waals surface area contributed by atoms with E-state index < -0.39 is 5.92 Å². The fraction of sp³-hybridized carbons (Fsp3) is 0.706. The number of pyridine rings is 1. The number of hydrogen-bond donors (Lipinski definition) is 0. The van der Waals surface area contributed by atoms with Gasteiger partial charge in [0.25, 0.3) is 5.92 Å². The van der Waals surface area contributed by atoms with Crippen molar-refractivity contribution >= 4 is 0 Å². The van der Waals surface area contributed by atoms with E-state index in [9.17, 15) is 8.78 Å². The maximum Gasteiger partial charge on any atom is 0.250 e. The van der Waals surface area contributed by atoms with E-state index in [1.807, 2.05) is 18.3 Å². The molecule has 1 saturated heterocycles. The van der Waals surface area contributed by atoms with E-state index in [1.165, 1.54) is 5.56 Å². The molecule has 0 unspecified atom stereocenters. The largest absolute Gasteiger partial charge is 0.478 e. The number of nitrogens with zero attached hydrogens (tertiary/aromatic N) is 2. The van der Waals surface area contributed by atoms with Gasteiger partial charge in [0.1, 0.15) is 0 Å². The van der Waals surface area contributed by atoms with Crippen LogP contribution in [0.1, 0.15) is 45.6 Å². The van der Waals surface area contributed by atoms with Crippen molar-refractivity contribution < 1.29 is 13.5 Å². The number of ether oxygens (including phenoxy) is 1. The van der Waals surface area contributed by atoms with Gasteiger partial charge in [0.15, 0.2) is 0 Å². The molecule has 0 spiro atoms. The minimum atomic E-state index is -2.47. The Kier molecular flexibility index (Phi) is 5.37. The van der Waals surface area contributed by atoms with Crippen molar-refractivity contribution in [3.05, 3.63) is 23.9 Å². The third kappa shape index (κ3) is 5.20. The summed E-state index contributed by atoms with van der Waals surface area (Å²) in [4.78, 5) is 6.39. The topological polar surface area (TPSA) is 25.4 Å². The van der Waals surface area contributed by atoms with E-state index in [0.717, 1.165) is 13.0 Å². The lowest BCUT2D eigenvalue weighted by molar-refractivity contribution is -0.0554. The first-order chi connectivity index (χ1) is 10.3. The molecule has 3 nitrogen and oxygen atoms in total. The van der Waals surface area contributed by atoms with Crippen molar-refractivity contribution in [3.8, 4) is 5.88 Å². The zero-order valence-electron chi connectivity index (χ0n) is 13.7. The Balaban J connectivity index is 1.67. The quantitative estimate of drug-likeness (QED) is 0.772. The second kappa shape index (κ2) is 6.90. The molecule has 2 heterocycles. The summed E-state index contributed by atoms with van der Waals surface area (Å²) < 4.78 is 31.7. The van der Waals surface area contributed by atoms with Crippen molar-refractivity contribution in [3.63, 3.8) is 0 Å². The van der Waals surface area contributed by atoms with Crippen LogP contribution in [0, 0.1) is 0 Å². The molecule has 1 aromatic rings. The fourth-order valence-corrected chi connectivity index (χ4v) is 2.48. The van der Waals surface area contributed by atoms with Gasteiger partial charge in [-0.15, -0.1) is 0 Å². The van der Waals surface area contributed by atoms with Crippen LogP contribution in [-0.4, -0.2) is 42.0 Å². The van der Waals surface area contributed by atoms with Crippen LogP contribution in [0.3, 0.4) is 0 Å². The molecule has 2 rings (SSSR count). The highest BCUT2D eigenvalue weighted by atomic mass is 19.3. The Morgan fingerprint density at radius 2 is 1.91 bits per heavy atom. The molecule has 0 bridgehead atoms. The Morgan fingerprint density at radius 3 is 2.45 bits per heavy atom. The highest BCUT2D eigenvalue weighted by Gasteiger charge is 2.33. The average Bonchev–Trinajstić information content (AvgIpc) is 2.44. The molecular formula is C17H26F2N2O. The summed E-state index contributed by atoms with van der Waals surface area (Å²) in [6.07, 6.45) is 2.63. The van der Waals surface area contributed by atoms with E-state index in [0.29, 0.717) is 25.6 Å². The smallest absolute Gasteiger partial charge is 0.250 e. The van der Waals surface area contributed by atoms with Gasteiger partial charge >= 0.3 is 0 Å². The number of alkyl halides is 2. The third-order valence-electron chi connectivity index (χ3n) is 4.06. The minimum absolute atomic E-state index is 0.0241. The van der Waals surface area contributed by atoms with Crippen molar-refractivity contribution in [2.24, 2.45) is 0 Å². The Morgan fingerprint density at radius 1 is 1.23 bits per heavy atom. The average molecular weight is 312 g/mol. The van der Waals surface area contributed by atoms with Crippen molar-refractivity contribution in [2.45, 2.75) is 51.4 Å². The number of rotatable bonds is 5. The normalized spacial score (nSPS) is 19.1. The lowest BCUT2D eigenvalue weighted by atomic mass is 9.88. The summed E-state index contributed by atoms with van der Waals surface area (Å²) in [5.74, 6) is -1.84. The van der Waals surface area contributed by atoms with E-state index in [1.54, 1.807) is 0 Å². The van der Waals surface area contributed by atoms with Crippen molar-refractivity contribution in [1.29, 1.82) is 0 Å². The third-order valence-corrected chi connectivity index (χ3v) is 4.06. The Labute approximate surface area is 131 Å². The molecule has 0 N–H and O–H groups in total. The van der Waals surface area contributed by atoms with Crippen LogP contribution in [0.2, 0.25) is 0 Å². The monoisotopic (exact) mass is 312 g/mol. The number of likely N-dealkylation sites (tertiary alicyclic amines) is 1. The molecule has 1 aliphatic rings. The first-order valence-corrected chi connectivity index (χ1v) is 7.96. The van der Waals surface area contributed by atoms with Crippen molar-refractivity contribution in [1.82, 2.24) is 9.88 Å². The Bertz CT molecular complexity index is 459. The molecule has 0 saturated carbocycles. The van der Waals surface area contributed by atoms with Crippen LogP contribution in [0.25, 0.3) is 0 Å². The summed E-state index contributed by atoms with van der Waals surface area (Å²) in [5.41, 5.74) is 1.26. The molecule has 0 amide bonds. The van der Waals surface area contributed by atoms with Crippen LogP contribution >= 0.6 is 0 Å². The van der Waals surface area contributed by atoms with Gasteiger partial charge in [-0.25, -0.2) is 13.8 Å². The molecule has 0 aliphatic carbocycles. The van der Waals surface area contributed by atoms with E-state index in [-0.39, 0.29) is 18.3 Å². The molecule has 0 radical (unpaired) electrons. The van der Waals surface area contributed by atoms with Crippen LogP contribution in [0.5, 0.6) is 5.88 Å². The van der Waals surface area contributed by atoms with Crippen LogP contribution in [0.15, 0.2) is 18.3 Å². The van der Waals surface area contributed by atoms with Crippen LogP contribution in [-0.2, 0) is 5.41 Å². The van der Waals surface area contributed by atoms with Crippen LogP contribution < -0.4 is 4.74 Å². The summed E-state index contributed by atoms with van der Waals surface area (Å²) in [6.45, 7) is 8.76. The minimum Gasteiger partial charge on any atom is -0.478 e. The number of halogens is 2. The molecule has 0 atom stereocenters. The van der Waals surface area contributed by atoms with Crippen LogP contribution in [0.4, 0.5) is 8.78 Å². The predicted octanol–water partition coefficient (Wildman–Crippen LogP) is 3.88. The van der Waals surface area contributed by atoms with E-state index in [4.69, 9.17) is 4.74 Å². The maximum absolute atomic E-state index is 13.0. The summed E-state index contributed by atoms with van der Waals surface area (Å²) in [5, 5.41) is 0. The van der Waals surface area contributed by atoms with Gasteiger partial charge in [-0.2, -0.15) is 0 Å². The summed E-state index contributed by atoms with van der Waals surface area (Å²) in [6, 6.07) is 3.93. The second-order valence-electron chi connectivity index (χ2n) is 7.03. The fourth-order valence-electron chi connectivity index (χ4n) is 2.48. The molecule has 0 aromatic carbocycles. The standard InChI is InChI=1S/C17H26F2N2O/c1-16(2,3)14-5-6-15(20-13-14)22-12-4-9-21-10-7-17(18,19)8-11-21/h5-6,13H,4,7-12H2,1-3H3. The maximum atomic E-state index is 13.0.